The van der Waals surface area contributed by atoms with E-state index in [2.05, 4.69) is 46.6 Å². The fourth-order valence-electron chi connectivity index (χ4n) is 2.26. The molecule has 0 aliphatic heterocycles. The van der Waals surface area contributed by atoms with Crippen LogP contribution in [0.15, 0.2) is 48.7 Å². The summed E-state index contributed by atoms with van der Waals surface area (Å²) < 4.78 is 6.12. The minimum atomic E-state index is -1.65. The van der Waals surface area contributed by atoms with Gasteiger partial charge in [-0.25, -0.2) is 9.97 Å². The summed E-state index contributed by atoms with van der Waals surface area (Å²) in [6, 6.07) is 14.1. The predicted molar refractivity (Wildman–Crippen MR) is 99.9 cm³/mol. The highest BCUT2D eigenvalue weighted by atomic mass is 28.4. The van der Waals surface area contributed by atoms with Gasteiger partial charge >= 0.3 is 0 Å². The summed E-state index contributed by atoms with van der Waals surface area (Å²) >= 11 is 0. The lowest BCUT2D eigenvalue weighted by atomic mass is 10.3. The SMILES string of the molecule is Cc1cnc2ccc(N(CO[Si](C)(C)C)c3ccccc3)nc2n1. The number of para-hydroxylation sites is 1. The number of benzene rings is 1. The van der Waals surface area contributed by atoms with Crippen molar-refractivity contribution in [2.24, 2.45) is 0 Å². The minimum Gasteiger partial charge on any atom is -0.400 e. The predicted octanol–water partition coefficient (Wildman–Crippen LogP) is 4.28. The van der Waals surface area contributed by atoms with Crippen molar-refractivity contribution in [1.29, 1.82) is 0 Å². The van der Waals surface area contributed by atoms with E-state index in [1.54, 1.807) is 6.20 Å². The highest BCUT2D eigenvalue weighted by molar-refractivity contribution is 6.69. The Hall–Kier alpha value is -2.31. The van der Waals surface area contributed by atoms with Crippen LogP contribution in [0.25, 0.3) is 11.2 Å². The summed E-state index contributed by atoms with van der Waals surface area (Å²) in [5.74, 6) is 0.812. The second kappa shape index (κ2) is 6.66. The van der Waals surface area contributed by atoms with Gasteiger partial charge in [0.25, 0.3) is 0 Å². The zero-order chi connectivity index (χ0) is 17.2. The van der Waals surface area contributed by atoms with Crippen LogP contribution in [0.1, 0.15) is 5.69 Å². The highest BCUT2D eigenvalue weighted by Gasteiger charge is 2.18. The van der Waals surface area contributed by atoms with E-state index in [9.17, 15) is 0 Å². The highest BCUT2D eigenvalue weighted by Crippen LogP contribution is 2.25. The van der Waals surface area contributed by atoms with Gasteiger partial charge in [0, 0.05) is 11.9 Å². The van der Waals surface area contributed by atoms with E-state index in [0.29, 0.717) is 12.4 Å². The number of anilines is 2. The molecule has 0 N–H and O–H groups in total. The third-order valence-corrected chi connectivity index (χ3v) is 4.48. The molecule has 6 heteroatoms. The lowest BCUT2D eigenvalue weighted by Gasteiger charge is -2.28. The fraction of sp³-hybridized carbons (Fsp3) is 0.278. The first-order valence-corrected chi connectivity index (χ1v) is 11.4. The lowest BCUT2D eigenvalue weighted by Crippen LogP contribution is -2.33. The molecule has 0 atom stereocenters. The molecule has 0 aliphatic rings. The van der Waals surface area contributed by atoms with Gasteiger partial charge in [-0.15, -0.1) is 0 Å². The Morgan fingerprint density at radius 3 is 2.46 bits per heavy atom. The van der Waals surface area contributed by atoms with Gasteiger partial charge in [-0.2, -0.15) is 0 Å². The molecule has 0 saturated carbocycles. The Balaban J connectivity index is 2.01. The third kappa shape index (κ3) is 3.96. The van der Waals surface area contributed by atoms with Gasteiger partial charge in [-0.05, 0) is 50.8 Å². The second-order valence-electron chi connectivity index (χ2n) is 6.67. The van der Waals surface area contributed by atoms with E-state index in [4.69, 9.17) is 9.41 Å². The molecule has 0 aliphatic carbocycles. The molecule has 0 fully saturated rings. The number of fused-ring (bicyclic) bond motifs is 1. The second-order valence-corrected chi connectivity index (χ2v) is 11.2. The van der Waals surface area contributed by atoms with Crippen LogP contribution in [-0.2, 0) is 4.43 Å². The van der Waals surface area contributed by atoms with E-state index in [0.717, 1.165) is 22.7 Å². The molecular formula is C18H22N4OSi. The van der Waals surface area contributed by atoms with Crippen LogP contribution in [0.2, 0.25) is 19.6 Å². The first-order chi connectivity index (χ1) is 11.4. The Labute approximate surface area is 143 Å². The molecule has 0 amide bonds. The Bertz CT molecular complexity index is 833. The van der Waals surface area contributed by atoms with Gasteiger partial charge in [0.05, 0.1) is 5.69 Å². The zero-order valence-electron chi connectivity index (χ0n) is 14.5. The van der Waals surface area contributed by atoms with Gasteiger partial charge in [0.2, 0.25) is 0 Å². The van der Waals surface area contributed by atoms with Gasteiger partial charge in [0.1, 0.15) is 18.1 Å². The molecule has 1 aromatic carbocycles. The van der Waals surface area contributed by atoms with Gasteiger partial charge in [-0.1, -0.05) is 18.2 Å². The normalized spacial score (nSPS) is 11.7. The maximum absolute atomic E-state index is 6.12. The van der Waals surface area contributed by atoms with Crippen LogP contribution < -0.4 is 4.90 Å². The largest absolute Gasteiger partial charge is 0.400 e. The Morgan fingerprint density at radius 2 is 1.75 bits per heavy atom. The summed E-state index contributed by atoms with van der Waals surface area (Å²) in [7, 11) is -1.65. The van der Waals surface area contributed by atoms with Crippen LogP contribution >= 0.6 is 0 Å². The van der Waals surface area contributed by atoms with E-state index in [1.807, 2.05) is 37.3 Å². The molecule has 124 valence electrons. The quantitative estimate of drug-likeness (QED) is 0.513. The molecule has 3 aromatic rings. The Kier molecular flexibility index (Phi) is 4.59. The number of aromatic nitrogens is 3. The molecular weight excluding hydrogens is 316 g/mol. The van der Waals surface area contributed by atoms with Crippen molar-refractivity contribution in [3.63, 3.8) is 0 Å². The van der Waals surface area contributed by atoms with E-state index >= 15 is 0 Å². The molecule has 0 spiro atoms. The van der Waals surface area contributed by atoms with Crippen molar-refractivity contribution in [3.05, 3.63) is 54.4 Å². The summed E-state index contributed by atoms with van der Waals surface area (Å²) in [4.78, 5) is 15.6. The van der Waals surface area contributed by atoms with E-state index in [1.165, 1.54) is 0 Å². The molecule has 2 aromatic heterocycles. The first-order valence-electron chi connectivity index (χ1n) is 7.99. The number of hydrogen-bond donors (Lipinski definition) is 0. The fourth-order valence-corrected chi connectivity index (χ4v) is 2.78. The van der Waals surface area contributed by atoms with Crippen molar-refractivity contribution in [3.8, 4) is 0 Å². The third-order valence-electron chi connectivity index (χ3n) is 3.48. The smallest absolute Gasteiger partial charge is 0.186 e. The Morgan fingerprint density at radius 1 is 1.00 bits per heavy atom. The molecule has 3 rings (SSSR count). The maximum Gasteiger partial charge on any atom is 0.186 e. The van der Waals surface area contributed by atoms with Gasteiger partial charge in [0.15, 0.2) is 14.0 Å². The van der Waals surface area contributed by atoms with Crippen LogP contribution in [0.5, 0.6) is 0 Å². The molecule has 5 nitrogen and oxygen atoms in total. The monoisotopic (exact) mass is 338 g/mol. The van der Waals surface area contributed by atoms with E-state index < -0.39 is 8.32 Å². The number of pyridine rings is 1. The lowest BCUT2D eigenvalue weighted by molar-refractivity contribution is 0.320. The molecule has 2 heterocycles. The van der Waals surface area contributed by atoms with Crippen LogP contribution in [-0.4, -0.2) is 30.0 Å². The van der Waals surface area contributed by atoms with Crippen LogP contribution in [0.3, 0.4) is 0 Å². The van der Waals surface area contributed by atoms with Crippen molar-refractivity contribution in [1.82, 2.24) is 15.0 Å². The zero-order valence-corrected chi connectivity index (χ0v) is 15.5. The summed E-state index contributed by atoms with van der Waals surface area (Å²) in [6.07, 6.45) is 1.76. The van der Waals surface area contributed by atoms with Gasteiger partial charge in [-0.3, -0.25) is 4.98 Å². The van der Waals surface area contributed by atoms with Crippen molar-refractivity contribution in [2.45, 2.75) is 26.6 Å². The molecule has 0 radical (unpaired) electrons. The van der Waals surface area contributed by atoms with Crippen molar-refractivity contribution >= 4 is 31.0 Å². The minimum absolute atomic E-state index is 0.470. The maximum atomic E-state index is 6.12. The molecule has 0 unspecified atom stereocenters. The number of hydrogen-bond acceptors (Lipinski definition) is 5. The van der Waals surface area contributed by atoms with Gasteiger partial charge < -0.3 is 9.33 Å². The van der Waals surface area contributed by atoms with Crippen LogP contribution in [0, 0.1) is 6.92 Å². The average Bonchev–Trinajstić information content (AvgIpc) is 2.54. The number of nitrogens with zero attached hydrogens (tertiary/aromatic N) is 4. The molecule has 24 heavy (non-hydrogen) atoms. The average molecular weight is 338 g/mol. The van der Waals surface area contributed by atoms with Crippen molar-refractivity contribution in [2.75, 3.05) is 11.6 Å². The van der Waals surface area contributed by atoms with E-state index in [-0.39, 0.29) is 0 Å². The topological polar surface area (TPSA) is 51.1 Å². The summed E-state index contributed by atoms with van der Waals surface area (Å²) in [5.41, 5.74) is 3.35. The molecule has 0 bridgehead atoms. The first kappa shape index (κ1) is 16.5. The van der Waals surface area contributed by atoms with Crippen LogP contribution in [0.4, 0.5) is 11.5 Å². The van der Waals surface area contributed by atoms with Crippen molar-refractivity contribution < 1.29 is 4.43 Å². The summed E-state index contributed by atoms with van der Waals surface area (Å²) in [6.45, 7) is 8.93. The standard InChI is InChI=1S/C18H22N4OSi/c1-14-12-19-16-10-11-17(21-18(16)20-14)22(13-23-24(2,3)4)15-8-6-5-7-9-15/h5-12H,13H2,1-4H3. The summed E-state index contributed by atoms with van der Waals surface area (Å²) in [5, 5.41) is 0. The molecule has 0 saturated heterocycles. The number of aryl methyl sites for hydroxylation is 1. The number of rotatable bonds is 5.